The first-order valence-corrected chi connectivity index (χ1v) is 7.07. The Kier molecular flexibility index (Phi) is 9.90. The van der Waals surface area contributed by atoms with Gasteiger partial charge in [0.1, 0.15) is 0 Å². The fraction of sp³-hybridized carbons (Fsp3) is 0.647. The fourth-order valence-corrected chi connectivity index (χ4v) is 1.61. The molecule has 0 saturated heterocycles. The molecule has 0 aliphatic heterocycles. The molecule has 0 saturated carbocycles. The second-order valence-electron chi connectivity index (χ2n) is 5.49. The summed E-state index contributed by atoms with van der Waals surface area (Å²) in [6, 6.07) is 10.3. The summed E-state index contributed by atoms with van der Waals surface area (Å²) in [5.41, 5.74) is 1.32. The lowest BCUT2D eigenvalue weighted by atomic mass is 9.98. The van der Waals surface area contributed by atoms with Crippen LogP contribution >= 0.6 is 0 Å². The normalized spacial score (nSPS) is 11.9. The smallest absolute Gasteiger partial charge is 0.0398 e. The number of benzene rings is 1. The quantitative estimate of drug-likeness (QED) is 0.599. The van der Waals surface area contributed by atoms with Crippen molar-refractivity contribution in [3.8, 4) is 0 Å². The van der Waals surface area contributed by atoms with Crippen LogP contribution in [0, 0.1) is 18.8 Å². The van der Waals surface area contributed by atoms with Crippen molar-refractivity contribution >= 4 is 0 Å². The van der Waals surface area contributed by atoms with Crippen LogP contribution in [0.4, 0.5) is 0 Å². The van der Waals surface area contributed by atoms with E-state index in [-0.39, 0.29) is 0 Å². The zero-order valence-electron chi connectivity index (χ0n) is 12.4. The predicted octanol–water partition coefficient (Wildman–Crippen LogP) is 5.85. The second-order valence-corrected chi connectivity index (χ2v) is 5.49. The van der Waals surface area contributed by atoms with E-state index in [1.165, 1.54) is 31.2 Å². The predicted molar refractivity (Wildman–Crippen MR) is 79.3 cm³/mol. The third-order valence-corrected chi connectivity index (χ3v) is 3.12. The molecule has 1 unspecified atom stereocenters. The molecule has 98 valence electrons. The van der Waals surface area contributed by atoms with Crippen LogP contribution in [0.25, 0.3) is 0 Å². The van der Waals surface area contributed by atoms with Crippen LogP contribution in [0.3, 0.4) is 0 Å². The van der Waals surface area contributed by atoms with Gasteiger partial charge in [-0.1, -0.05) is 89.3 Å². The van der Waals surface area contributed by atoms with E-state index in [0.29, 0.717) is 0 Å². The van der Waals surface area contributed by atoms with Crippen molar-refractivity contribution in [1.82, 2.24) is 0 Å². The molecular weight excluding hydrogens is 204 g/mol. The molecule has 1 aromatic rings. The Morgan fingerprint density at radius 3 is 1.88 bits per heavy atom. The highest BCUT2D eigenvalue weighted by Crippen LogP contribution is 2.14. The molecule has 0 aromatic heterocycles. The standard InChI is InChI=1S/C10H22.C7H8/c1-5-10(4)8-6-7-9(2)3;1-7-5-3-2-4-6-7/h9-10H,5-8H2,1-4H3;2-6H,1H3. The van der Waals surface area contributed by atoms with E-state index in [2.05, 4.69) is 46.8 Å². The minimum Gasteiger partial charge on any atom is -0.0651 e. The van der Waals surface area contributed by atoms with E-state index in [1.54, 1.807) is 0 Å². The Hall–Kier alpha value is -0.780. The Morgan fingerprint density at radius 1 is 0.941 bits per heavy atom. The third-order valence-electron chi connectivity index (χ3n) is 3.12. The highest BCUT2D eigenvalue weighted by atomic mass is 14.0. The average molecular weight is 234 g/mol. The lowest BCUT2D eigenvalue weighted by Crippen LogP contribution is -1.94. The van der Waals surface area contributed by atoms with Crippen molar-refractivity contribution in [3.05, 3.63) is 35.9 Å². The van der Waals surface area contributed by atoms with Crippen LogP contribution in [0.2, 0.25) is 0 Å². The van der Waals surface area contributed by atoms with Gasteiger partial charge in [-0.15, -0.1) is 0 Å². The molecular formula is C17H30. The van der Waals surface area contributed by atoms with Crippen molar-refractivity contribution in [2.75, 3.05) is 0 Å². The Labute approximate surface area is 108 Å². The lowest BCUT2D eigenvalue weighted by Gasteiger charge is -2.08. The van der Waals surface area contributed by atoms with E-state index in [4.69, 9.17) is 0 Å². The molecule has 1 rings (SSSR count). The maximum Gasteiger partial charge on any atom is -0.0398 e. The van der Waals surface area contributed by atoms with Gasteiger partial charge in [0.05, 0.1) is 0 Å². The Morgan fingerprint density at radius 2 is 1.53 bits per heavy atom. The molecule has 0 fully saturated rings. The minimum atomic E-state index is 0.893. The molecule has 1 aromatic carbocycles. The van der Waals surface area contributed by atoms with Crippen molar-refractivity contribution < 1.29 is 0 Å². The topological polar surface area (TPSA) is 0 Å². The first-order valence-electron chi connectivity index (χ1n) is 7.07. The molecule has 17 heavy (non-hydrogen) atoms. The average Bonchev–Trinajstić information content (AvgIpc) is 2.30. The summed E-state index contributed by atoms with van der Waals surface area (Å²) in [6.45, 7) is 11.3. The second kappa shape index (κ2) is 10.4. The van der Waals surface area contributed by atoms with E-state index >= 15 is 0 Å². The van der Waals surface area contributed by atoms with Gasteiger partial charge < -0.3 is 0 Å². The highest BCUT2D eigenvalue weighted by molar-refractivity contribution is 5.11. The largest absolute Gasteiger partial charge is 0.0651 e. The summed E-state index contributed by atoms with van der Waals surface area (Å²) in [6.07, 6.45) is 5.60. The third kappa shape index (κ3) is 11.5. The van der Waals surface area contributed by atoms with E-state index in [9.17, 15) is 0 Å². The van der Waals surface area contributed by atoms with Crippen molar-refractivity contribution in [2.24, 2.45) is 11.8 Å². The maximum atomic E-state index is 2.35. The molecule has 0 heteroatoms. The van der Waals surface area contributed by atoms with Crippen molar-refractivity contribution in [3.63, 3.8) is 0 Å². The molecule has 0 radical (unpaired) electrons. The molecule has 1 atom stereocenters. The number of hydrogen-bond acceptors (Lipinski definition) is 0. The van der Waals surface area contributed by atoms with E-state index in [1.807, 2.05) is 18.2 Å². The summed E-state index contributed by atoms with van der Waals surface area (Å²) >= 11 is 0. The number of rotatable bonds is 5. The van der Waals surface area contributed by atoms with Gasteiger partial charge in [0, 0.05) is 0 Å². The zero-order chi connectivity index (χ0) is 13.1. The summed E-state index contributed by atoms with van der Waals surface area (Å²) in [7, 11) is 0. The Bertz CT molecular complexity index is 248. The van der Waals surface area contributed by atoms with Gasteiger partial charge in [-0.25, -0.2) is 0 Å². The molecule has 0 aliphatic rings. The van der Waals surface area contributed by atoms with Gasteiger partial charge in [0.2, 0.25) is 0 Å². The van der Waals surface area contributed by atoms with Crippen LogP contribution in [-0.2, 0) is 0 Å². The minimum absolute atomic E-state index is 0.893. The van der Waals surface area contributed by atoms with Crippen LogP contribution in [0.5, 0.6) is 0 Å². The van der Waals surface area contributed by atoms with Gasteiger partial charge in [-0.3, -0.25) is 0 Å². The molecule has 0 amide bonds. The summed E-state index contributed by atoms with van der Waals surface area (Å²) in [5.74, 6) is 1.84. The van der Waals surface area contributed by atoms with Crippen LogP contribution < -0.4 is 0 Å². The maximum absolute atomic E-state index is 2.35. The summed E-state index contributed by atoms with van der Waals surface area (Å²) in [4.78, 5) is 0. The summed E-state index contributed by atoms with van der Waals surface area (Å²) in [5, 5.41) is 0. The van der Waals surface area contributed by atoms with E-state index in [0.717, 1.165) is 11.8 Å². The zero-order valence-corrected chi connectivity index (χ0v) is 12.4. The van der Waals surface area contributed by atoms with Crippen molar-refractivity contribution in [1.29, 1.82) is 0 Å². The molecule has 0 nitrogen and oxygen atoms in total. The summed E-state index contributed by atoms with van der Waals surface area (Å²) < 4.78 is 0. The molecule has 0 spiro atoms. The fourth-order valence-electron chi connectivity index (χ4n) is 1.61. The van der Waals surface area contributed by atoms with Gasteiger partial charge in [0.15, 0.2) is 0 Å². The first-order chi connectivity index (χ1) is 8.06. The van der Waals surface area contributed by atoms with Gasteiger partial charge in [-0.2, -0.15) is 0 Å². The van der Waals surface area contributed by atoms with E-state index < -0.39 is 0 Å². The first kappa shape index (κ1) is 16.2. The molecule has 0 bridgehead atoms. The van der Waals surface area contributed by atoms with Crippen LogP contribution in [-0.4, -0.2) is 0 Å². The monoisotopic (exact) mass is 234 g/mol. The van der Waals surface area contributed by atoms with Gasteiger partial charge >= 0.3 is 0 Å². The highest BCUT2D eigenvalue weighted by Gasteiger charge is 1.99. The lowest BCUT2D eigenvalue weighted by molar-refractivity contribution is 0.449. The molecule has 0 aliphatic carbocycles. The van der Waals surface area contributed by atoms with Crippen LogP contribution in [0.15, 0.2) is 30.3 Å². The Balaban J connectivity index is 0.000000318. The van der Waals surface area contributed by atoms with Gasteiger partial charge in [0.25, 0.3) is 0 Å². The number of aryl methyl sites for hydroxylation is 1. The number of hydrogen-bond donors (Lipinski definition) is 0. The molecule has 0 heterocycles. The SMILES string of the molecule is CCC(C)CCCC(C)C.Cc1ccccc1. The van der Waals surface area contributed by atoms with Gasteiger partial charge in [-0.05, 0) is 18.8 Å². The van der Waals surface area contributed by atoms with Crippen molar-refractivity contribution in [2.45, 2.75) is 60.3 Å². The molecule has 0 N–H and O–H groups in total. The van der Waals surface area contributed by atoms with Crippen LogP contribution in [0.1, 0.15) is 58.9 Å².